The van der Waals surface area contributed by atoms with Crippen LogP contribution in [0.5, 0.6) is 0 Å². The first-order chi connectivity index (χ1) is 19.5. The molecule has 2 heterocycles. The molecule has 0 bridgehead atoms. The molecule has 2 aromatic heterocycles. The number of nitrogens with zero attached hydrogens (tertiary/aromatic N) is 3. The number of aromatic nitrogens is 2. The van der Waals surface area contributed by atoms with E-state index in [1.165, 1.54) is 22.3 Å². The maximum atomic E-state index is 15.1. The van der Waals surface area contributed by atoms with E-state index in [4.69, 9.17) is 4.98 Å². The Hall–Kier alpha value is -4.53. The van der Waals surface area contributed by atoms with Crippen molar-refractivity contribution in [2.24, 2.45) is 0 Å². The van der Waals surface area contributed by atoms with Gasteiger partial charge in [0.1, 0.15) is 21.5 Å². The third kappa shape index (κ3) is 5.06. The summed E-state index contributed by atoms with van der Waals surface area (Å²) in [7, 11) is 0. The SMILES string of the molecule is C=C/C(=C\C=C\c1nc2ccccc2s1)N(c1ccc(-c2nc3ccccc3s2)cc1)c1c(F)cc(F)cc1F. The van der Waals surface area contributed by atoms with Crippen LogP contribution in [0.15, 0.2) is 115 Å². The van der Waals surface area contributed by atoms with Crippen molar-refractivity contribution < 1.29 is 13.2 Å². The van der Waals surface area contributed by atoms with Crippen molar-refractivity contribution in [3.63, 3.8) is 0 Å². The van der Waals surface area contributed by atoms with E-state index < -0.39 is 23.1 Å². The molecule has 6 aromatic rings. The highest BCUT2D eigenvalue weighted by atomic mass is 32.1. The Morgan fingerprint density at radius 2 is 1.40 bits per heavy atom. The van der Waals surface area contributed by atoms with Crippen LogP contribution in [0.3, 0.4) is 0 Å². The maximum Gasteiger partial charge on any atom is 0.153 e. The minimum absolute atomic E-state index is 0.384. The molecule has 0 radical (unpaired) electrons. The van der Waals surface area contributed by atoms with Crippen molar-refractivity contribution >= 4 is 60.6 Å². The molecule has 6 rings (SSSR count). The molecule has 0 N–H and O–H groups in total. The molecule has 0 aliphatic heterocycles. The molecule has 0 saturated carbocycles. The van der Waals surface area contributed by atoms with E-state index in [-0.39, 0.29) is 0 Å². The summed E-state index contributed by atoms with van der Waals surface area (Å²) < 4.78 is 46.1. The zero-order chi connectivity index (χ0) is 27.6. The fraction of sp³-hybridized carbons (Fsp3) is 0. The Labute approximate surface area is 236 Å². The smallest absolute Gasteiger partial charge is 0.153 e. The van der Waals surface area contributed by atoms with Crippen molar-refractivity contribution in [2.45, 2.75) is 0 Å². The number of fused-ring (bicyclic) bond motifs is 2. The minimum Gasteiger partial charge on any atom is -0.305 e. The number of hydrogen-bond donors (Lipinski definition) is 0. The Morgan fingerprint density at radius 3 is 2.02 bits per heavy atom. The first-order valence-electron chi connectivity index (χ1n) is 12.3. The minimum atomic E-state index is -1.03. The zero-order valence-electron chi connectivity index (χ0n) is 20.9. The lowest BCUT2D eigenvalue weighted by molar-refractivity contribution is 0.545. The first kappa shape index (κ1) is 25.7. The molecule has 0 saturated heterocycles. The van der Waals surface area contributed by atoms with E-state index in [9.17, 15) is 4.39 Å². The predicted octanol–water partition coefficient (Wildman–Crippen LogP) is 9.91. The molecule has 0 aliphatic rings. The van der Waals surface area contributed by atoms with Crippen molar-refractivity contribution in [1.82, 2.24) is 9.97 Å². The van der Waals surface area contributed by atoms with Crippen LogP contribution in [0.1, 0.15) is 5.01 Å². The number of thiazole rings is 2. The number of hydrogen-bond acceptors (Lipinski definition) is 5. The van der Waals surface area contributed by atoms with E-state index in [1.807, 2.05) is 66.7 Å². The Morgan fingerprint density at radius 1 is 0.775 bits per heavy atom. The summed E-state index contributed by atoms with van der Waals surface area (Å²) in [5.74, 6) is -3.06. The zero-order valence-corrected chi connectivity index (χ0v) is 22.5. The normalized spacial score (nSPS) is 12.0. The van der Waals surface area contributed by atoms with E-state index in [1.54, 1.807) is 35.6 Å². The number of rotatable bonds is 7. The van der Waals surface area contributed by atoms with Gasteiger partial charge in [0.05, 0.1) is 20.4 Å². The van der Waals surface area contributed by atoms with Crippen LogP contribution in [0, 0.1) is 17.5 Å². The van der Waals surface area contributed by atoms with Gasteiger partial charge in [0.2, 0.25) is 0 Å². The summed E-state index contributed by atoms with van der Waals surface area (Å²) in [6.07, 6.45) is 6.74. The van der Waals surface area contributed by atoms with Crippen LogP contribution in [-0.2, 0) is 0 Å². The number of allylic oxidation sites excluding steroid dienone is 3. The van der Waals surface area contributed by atoms with E-state index >= 15 is 8.78 Å². The second kappa shape index (κ2) is 10.9. The van der Waals surface area contributed by atoms with Crippen molar-refractivity contribution in [1.29, 1.82) is 0 Å². The summed E-state index contributed by atoms with van der Waals surface area (Å²) in [5.41, 5.74) is 3.10. The molecule has 0 atom stereocenters. The lowest BCUT2D eigenvalue weighted by atomic mass is 10.1. The second-order valence-corrected chi connectivity index (χ2v) is 10.9. The number of benzene rings is 4. The van der Waals surface area contributed by atoms with E-state index in [2.05, 4.69) is 11.6 Å². The predicted molar refractivity (Wildman–Crippen MR) is 160 cm³/mol. The van der Waals surface area contributed by atoms with Gasteiger partial charge >= 0.3 is 0 Å². The van der Waals surface area contributed by atoms with Crippen molar-refractivity contribution in [3.05, 3.63) is 138 Å². The molecular formula is C32H20F3N3S2. The molecule has 3 nitrogen and oxygen atoms in total. The topological polar surface area (TPSA) is 29.0 Å². The molecule has 0 unspecified atom stereocenters. The molecule has 0 spiro atoms. The highest BCUT2D eigenvalue weighted by Gasteiger charge is 2.22. The van der Waals surface area contributed by atoms with Gasteiger partial charge in [0, 0.05) is 29.1 Å². The Bertz CT molecular complexity index is 1830. The van der Waals surface area contributed by atoms with Gasteiger partial charge in [0.15, 0.2) is 11.6 Å². The van der Waals surface area contributed by atoms with Gasteiger partial charge in [-0.2, -0.15) is 0 Å². The van der Waals surface area contributed by atoms with Gasteiger partial charge < -0.3 is 4.90 Å². The van der Waals surface area contributed by atoms with Gasteiger partial charge in [-0.1, -0.05) is 36.9 Å². The monoisotopic (exact) mass is 567 g/mol. The average Bonchev–Trinajstić information content (AvgIpc) is 3.57. The van der Waals surface area contributed by atoms with Gasteiger partial charge in [-0.25, -0.2) is 23.1 Å². The summed E-state index contributed by atoms with van der Waals surface area (Å²) in [5, 5.41) is 1.61. The number of anilines is 2. The standard InChI is InChI=1S/C32H20F3N3S2/c1-2-22(8-7-13-30-36-26-9-3-5-11-28(26)39-30)38(31-24(34)18-21(33)19-25(31)35)23-16-14-20(15-17-23)32-37-27-10-4-6-12-29(27)40-32/h2-19H,1H2/b13-7+,22-8+. The number of halogens is 3. The molecule has 0 aliphatic carbocycles. The fourth-order valence-electron chi connectivity index (χ4n) is 4.33. The third-order valence-corrected chi connectivity index (χ3v) is 8.24. The van der Waals surface area contributed by atoms with Crippen LogP contribution in [0.25, 0.3) is 37.1 Å². The molecule has 40 heavy (non-hydrogen) atoms. The lowest BCUT2D eigenvalue weighted by Gasteiger charge is -2.27. The molecule has 0 amide bonds. The van der Waals surface area contributed by atoms with Gasteiger partial charge in [0.25, 0.3) is 0 Å². The van der Waals surface area contributed by atoms with Gasteiger partial charge in [-0.3, -0.25) is 0 Å². The van der Waals surface area contributed by atoms with E-state index in [0.29, 0.717) is 23.5 Å². The molecule has 4 aromatic carbocycles. The molecular weight excluding hydrogens is 548 g/mol. The van der Waals surface area contributed by atoms with Crippen LogP contribution >= 0.6 is 22.7 Å². The van der Waals surface area contributed by atoms with Crippen LogP contribution < -0.4 is 4.90 Å². The largest absolute Gasteiger partial charge is 0.305 e. The number of para-hydroxylation sites is 2. The van der Waals surface area contributed by atoms with Gasteiger partial charge in [-0.05, 0) is 66.8 Å². The maximum absolute atomic E-state index is 15.1. The Balaban J connectivity index is 1.40. The summed E-state index contributed by atoms with van der Waals surface area (Å²) in [6.45, 7) is 3.88. The van der Waals surface area contributed by atoms with Crippen LogP contribution in [0.4, 0.5) is 24.5 Å². The lowest BCUT2D eigenvalue weighted by Crippen LogP contribution is -2.18. The molecule has 0 fully saturated rings. The Kier molecular flexibility index (Phi) is 7.02. The first-order valence-corrected chi connectivity index (χ1v) is 13.9. The summed E-state index contributed by atoms with van der Waals surface area (Å²) in [4.78, 5) is 10.7. The highest BCUT2D eigenvalue weighted by molar-refractivity contribution is 7.21. The molecule has 8 heteroatoms. The van der Waals surface area contributed by atoms with Crippen LogP contribution in [-0.4, -0.2) is 9.97 Å². The molecule has 196 valence electrons. The summed E-state index contributed by atoms with van der Waals surface area (Å²) in [6, 6.07) is 24.2. The van der Waals surface area contributed by atoms with Crippen molar-refractivity contribution in [3.8, 4) is 10.6 Å². The second-order valence-electron chi connectivity index (χ2n) is 8.76. The summed E-state index contributed by atoms with van der Waals surface area (Å²) >= 11 is 3.09. The van der Waals surface area contributed by atoms with E-state index in [0.717, 1.165) is 36.0 Å². The quantitative estimate of drug-likeness (QED) is 0.180. The third-order valence-electron chi connectivity index (χ3n) is 6.16. The van der Waals surface area contributed by atoms with Crippen LogP contribution in [0.2, 0.25) is 0 Å². The van der Waals surface area contributed by atoms with Crippen molar-refractivity contribution in [2.75, 3.05) is 4.90 Å². The average molecular weight is 568 g/mol. The highest BCUT2D eigenvalue weighted by Crippen LogP contribution is 2.37. The van der Waals surface area contributed by atoms with Gasteiger partial charge in [-0.15, -0.1) is 22.7 Å². The fourth-order valence-corrected chi connectivity index (χ4v) is 6.18.